The van der Waals surface area contributed by atoms with Gasteiger partial charge >= 0.3 is 0 Å². The molecule has 1 aliphatic heterocycles. The van der Waals surface area contributed by atoms with Gasteiger partial charge in [0.2, 0.25) is 0 Å². The number of ether oxygens (including phenoxy) is 1. The summed E-state index contributed by atoms with van der Waals surface area (Å²) >= 11 is 0. The average molecular weight is 270 g/mol. The molecule has 18 heavy (non-hydrogen) atoms. The van der Waals surface area contributed by atoms with E-state index in [1.807, 2.05) is 24.3 Å². The Morgan fingerprint density at radius 1 is 1.44 bits per heavy atom. The molecule has 0 fully saturated rings. The first-order chi connectivity index (χ1) is 8.46. The van der Waals surface area contributed by atoms with Gasteiger partial charge in [0.1, 0.15) is 15.6 Å². The first kappa shape index (κ1) is 13.4. The number of sulfone groups is 1. The monoisotopic (exact) mass is 270 g/mol. The summed E-state index contributed by atoms with van der Waals surface area (Å²) in [5, 5.41) is 9.84. The van der Waals surface area contributed by atoms with E-state index in [0.29, 0.717) is 13.0 Å². The minimum atomic E-state index is -3.13. The lowest BCUT2D eigenvalue weighted by atomic mass is 9.88. The molecule has 0 aliphatic carbocycles. The Hall–Kier alpha value is -1.07. The summed E-state index contributed by atoms with van der Waals surface area (Å²) in [5.74, 6) is 0.846. The second-order valence-corrected chi connectivity index (χ2v) is 7.04. The highest BCUT2D eigenvalue weighted by Gasteiger charge is 2.24. The molecule has 0 aromatic heterocycles. The maximum Gasteiger partial charge on any atom is 0.149 e. The lowest BCUT2D eigenvalue weighted by Crippen LogP contribution is -2.24. The Kier molecular flexibility index (Phi) is 3.92. The molecule has 2 unspecified atom stereocenters. The predicted molar refractivity (Wildman–Crippen MR) is 69.6 cm³/mol. The van der Waals surface area contributed by atoms with Crippen LogP contribution in [-0.4, -0.2) is 38.2 Å². The van der Waals surface area contributed by atoms with Crippen LogP contribution in [0.3, 0.4) is 0 Å². The van der Waals surface area contributed by atoms with Gasteiger partial charge in [-0.25, -0.2) is 8.42 Å². The fraction of sp³-hybridized carbons (Fsp3) is 0.538. The third kappa shape index (κ3) is 3.46. The molecule has 1 heterocycles. The maximum atomic E-state index is 11.1. The van der Waals surface area contributed by atoms with Crippen LogP contribution in [0.4, 0.5) is 0 Å². The summed E-state index contributed by atoms with van der Waals surface area (Å²) in [4.78, 5) is 0. The molecular weight excluding hydrogens is 252 g/mol. The van der Waals surface area contributed by atoms with E-state index in [0.717, 1.165) is 24.0 Å². The lowest BCUT2D eigenvalue weighted by molar-refractivity contribution is 0.162. The maximum absolute atomic E-state index is 11.1. The van der Waals surface area contributed by atoms with Crippen LogP contribution < -0.4 is 4.74 Å². The van der Waals surface area contributed by atoms with Crippen LogP contribution in [0.2, 0.25) is 0 Å². The van der Waals surface area contributed by atoms with E-state index in [2.05, 4.69) is 0 Å². The van der Waals surface area contributed by atoms with Crippen molar-refractivity contribution in [1.29, 1.82) is 0 Å². The van der Waals surface area contributed by atoms with Crippen LogP contribution in [0.25, 0.3) is 0 Å². The molecule has 0 bridgehead atoms. The molecule has 1 aliphatic rings. The van der Waals surface area contributed by atoms with Gasteiger partial charge in [-0.2, -0.15) is 0 Å². The van der Waals surface area contributed by atoms with E-state index in [1.54, 1.807) is 0 Å². The summed E-state index contributed by atoms with van der Waals surface area (Å²) in [5.41, 5.74) is 1.07. The zero-order valence-electron chi connectivity index (χ0n) is 10.4. The quantitative estimate of drug-likeness (QED) is 0.897. The van der Waals surface area contributed by atoms with Gasteiger partial charge in [-0.05, 0) is 30.4 Å². The van der Waals surface area contributed by atoms with Crippen LogP contribution in [0.15, 0.2) is 24.3 Å². The summed E-state index contributed by atoms with van der Waals surface area (Å²) in [6, 6.07) is 7.73. The third-order valence-electron chi connectivity index (χ3n) is 3.13. The van der Waals surface area contributed by atoms with Crippen LogP contribution in [0.1, 0.15) is 24.3 Å². The number of hydrogen-bond acceptors (Lipinski definition) is 4. The number of benzene rings is 1. The van der Waals surface area contributed by atoms with Gasteiger partial charge in [0.05, 0.1) is 18.5 Å². The van der Waals surface area contributed by atoms with E-state index in [9.17, 15) is 13.5 Å². The first-order valence-electron chi connectivity index (χ1n) is 6.03. The number of rotatable bonds is 4. The van der Waals surface area contributed by atoms with Crippen LogP contribution in [0, 0.1) is 0 Å². The van der Waals surface area contributed by atoms with Crippen molar-refractivity contribution in [1.82, 2.24) is 0 Å². The molecular formula is C13H18O4S. The highest BCUT2D eigenvalue weighted by Crippen LogP contribution is 2.36. The molecule has 100 valence electrons. The normalized spacial score (nSPS) is 20.9. The van der Waals surface area contributed by atoms with Crippen molar-refractivity contribution < 1.29 is 18.3 Å². The molecule has 0 saturated carbocycles. The largest absolute Gasteiger partial charge is 0.493 e. The number of aliphatic hydroxyl groups is 1. The lowest BCUT2D eigenvalue weighted by Gasteiger charge is -2.27. The minimum Gasteiger partial charge on any atom is -0.493 e. The number of fused-ring (bicyclic) bond motifs is 1. The Bertz CT molecular complexity index is 509. The highest BCUT2D eigenvalue weighted by atomic mass is 32.2. The fourth-order valence-corrected chi connectivity index (χ4v) is 3.24. The van der Waals surface area contributed by atoms with Crippen LogP contribution >= 0.6 is 0 Å². The van der Waals surface area contributed by atoms with E-state index in [4.69, 9.17) is 4.74 Å². The Morgan fingerprint density at radius 3 is 2.89 bits per heavy atom. The summed E-state index contributed by atoms with van der Waals surface area (Å²) in [6.45, 7) is 0.618. The molecule has 4 nitrogen and oxygen atoms in total. The number of para-hydroxylation sites is 1. The van der Waals surface area contributed by atoms with E-state index in [-0.39, 0.29) is 11.7 Å². The van der Waals surface area contributed by atoms with Crippen molar-refractivity contribution in [2.75, 3.05) is 18.6 Å². The van der Waals surface area contributed by atoms with Crippen molar-refractivity contribution in [3.8, 4) is 5.75 Å². The second kappa shape index (κ2) is 5.28. The Balaban J connectivity index is 2.07. The average Bonchev–Trinajstić information content (AvgIpc) is 2.27. The van der Waals surface area contributed by atoms with Crippen LogP contribution in [0.5, 0.6) is 5.75 Å². The van der Waals surface area contributed by atoms with Gasteiger partial charge in [-0.15, -0.1) is 0 Å². The molecule has 2 rings (SSSR count). The van der Waals surface area contributed by atoms with Gasteiger partial charge < -0.3 is 9.84 Å². The molecule has 5 heteroatoms. The molecule has 0 saturated heterocycles. The predicted octanol–water partition coefficient (Wildman–Crippen LogP) is 1.35. The molecule has 1 aromatic rings. The first-order valence-corrected chi connectivity index (χ1v) is 8.09. The summed E-state index contributed by atoms with van der Waals surface area (Å²) in [7, 11) is -3.13. The van der Waals surface area contributed by atoms with Crippen molar-refractivity contribution in [2.24, 2.45) is 0 Å². The second-order valence-electron chi connectivity index (χ2n) is 4.85. The number of aliphatic hydroxyl groups excluding tert-OH is 1. The van der Waals surface area contributed by atoms with E-state index >= 15 is 0 Å². The van der Waals surface area contributed by atoms with Gasteiger partial charge in [-0.3, -0.25) is 0 Å². The summed E-state index contributed by atoms with van der Waals surface area (Å²) < 4.78 is 27.8. The zero-order chi connectivity index (χ0) is 13.2. The van der Waals surface area contributed by atoms with E-state index < -0.39 is 15.9 Å². The molecule has 0 amide bonds. The van der Waals surface area contributed by atoms with Gasteiger partial charge in [0.15, 0.2) is 0 Å². The zero-order valence-corrected chi connectivity index (χ0v) is 11.2. The molecule has 0 spiro atoms. The van der Waals surface area contributed by atoms with Crippen molar-refractivity contribution in [2.45, 2.75) is 24.9 Å². The van der Waals surface area contributed by atoms with Gasteiger partial charge in [-0.1, -0.05) is 18.2 Å². The Labute approximate surface area is 108 Å². The van der Waals surface area contributed by atoms with Crippen molar-refractivity contribution in [3.63, 3.8) is 0 Å². The van der Waals surface area contributed by atoms with Gasteiger partial charge in [0.25, 0.3) is 0 Å². The summed E-state index contributed by atoms with van der Waals surface area (Å²) in [6.07, 6.45) is 1.62. The van der Waals surface area contributed by atoms with Crippen LogP contribution in [-0.2, 0) is 9.84 Å². The SMILES string of the molecule is CS(=O)(=O)CC(O)CC1CCOc2ccccc21. The van der Waals surface area contributed by atoms with Gasteiger partial charge in [0, 0.05) is 6.26 Å². The minimum absolute atomic E-state index is 0.173. The fourth-order valence-electron chi connectivity index (χ4n) is 2.41. The van der Waals surface area contributed by atoms with Crippen molar-refractivity contribution >= 4 is 9.84 Å². The smallest absolute Gasteiger partial charge is 0.149 e. The molecule has 0 radical (unpaired) electrons. The molecule has 1 N–H and O–H groups in total. The number of hydrogen-bond donors (Lipinski definition) is 1. The molecule has 2 atom stereocenters. The standard InChI is InChI=1S/C13H18O4S/c1-18(15,16)9-11(14)8-10-6-7-17-13-5-3-2-4-12(10)13/h2-5,10-11,14H,6-9H2,1H3. The topological polar surface area (TPSA) is 63.6 Å². The molecule has 1 aromatic carbocycles. The Morgan fingerprint density at radius 2 is 2.17 bits per heavy atom. The van der Waals surface area contributed by atoms with Crippen molar-refractivity contribution in [3.05, 3.63) is 29.8 Å². The third-order valence-corrected chi connectivity index (χ3v) is 4.12. The van der Waals surface area contributed by atoms with E-state index in [1.165, 1.54) is 0 Å². The highest BCUT2D eigenvalue weighted by molar-refractivity contribution is 7.90.